The Morgan fingerprint density at radius 1 is 1.26 bits per heavy atom. The average molecular weight is 391 g/mol. The van der Waals surface area contributed by atoms with E-state index in [1.54, 1.807) is 12.1 Å². The van der Waals surface area contributed by atoms with Crippen LogP contribution in [-0.2, 0) is 11.3 Å². The van der Waals surface area contributed by atoms with Gasteiger partial charge in [-0.3, -0.25) is 4.79 Å². The maximum Gasteiger partial charge on any atom is 0.335 e. The second-order valence-corrected chi connectivity index (χ2v) is 8.78. The van der Waals surface area contributed by atoms with Gasteiger partial charge in [0.2, 0.25) is 5.91 Å². The molecule has 1 amide bonds. The van der Waals surface area contributed by atoms with Crippen molar-refractivity contribution >= 4 is 43.7 Å². The molecule has 2 rings (SSSR count). The molecule has 2 N–H and O–H groups in total. The summed E-state index contributed by atoms with van der Waals surface area (Å²) in [6.45, 7) is 0.423. The molecular weight excluding hydrogens is 378 g/mol. The van der Waals surface area contributed by atoms with Gasteiger partial charge in [0.25, 0.3) is 0 Å². The second-order valence-electron chi connectivity index (χ2n) is 4.68. The SMILES string of the molecule is O=C(O)c1ccc(CNC(=O)C2CC(Br)(Br)C2)cc1. The van der Waals surface area contributed by atoms with Gasteiger partial charge in [-0.05, 0) is 30.5 Å². The maximum atomic E-state index is 11.8. The number of aromatic carboxylic acids is 1. The van der Waals surface area contributed by atoms with Crippen LogP contribution in [0.15, 0.2) is 24.3 Å². The summed E-state index contributed by atoms with van der Waals surface area (Å²) in [4.78, 5) is 22.5. The van der Waals surface area contributed by atoms with Crippen molar-refractivity contribution in [1.82, 2.24) is 5.32 Å². The molecule has 6 heteroatoms. The molecule has 0 saturated heterocycles. The minimum absolute atomic E-state index is 0.0387. The molecule has 1 saturated carbocycles. The monoisotopic (exact) mass is 389 g/mol. The fraction of sp³-hybridized carbons (Fsp3) is 0.385. The highest BCUT2D eigenvalue weighted by atomic mass is 79.9. The zero-order chi connectivity index (χ0) is 14.0. The Labute approximate surface area is 127 Å². The Hall–Kier alpha value is -0.880. The third-order valence-electron chi connectivity index (χ3n) is 3.13. The summed E-state index contributed by atoms with van der Waals surface area (Å²) in [6, 6.07) is 6.50. The predicted molar refractivity (Wildman–Crippen MR) is 78.6 cm³/mol. The molecule has 4 nitrogen and oxygen atoms in total. The van der Waals surface area contributed by atoms with E-state index in [-0.39, 0.29) is 20.6 Å². The molecule has 0 bridgehead atoms. The van der Waals surface area contributed by atoms with Gasteiger partial charge in [-0.15, -0.1) is 0 Å². The van der Waals surface area contributed by atoms with Crippen LogP contribution in [0.4, 0.5) is 0 Å². The smallest absolute Gasteiger partial charge is 0.335 e. The number of hydrogen-bond acceptors (Lipinski definition) is 2. The molecule has 0 radical (unpaired) electrons. The Morgan fingerprint density at radius 2 is 1.84 bits per heavy atom. The molecule has 0 heterocycles. The first kappa shape index (κ1) is 14.5. The summed E-state index contributed by atoms with van der Waals surface area (Å²) in [5.74, 6) is -0.870. The van der Waals surface area contributed by atoms with Crippen LogP contribution in [0.25, 0.3) is 0 Å². The van der Waals surface area contributed by atoms with Crippen LogP contribution in [-0.4, -0.2) is 20.2 Å². The van der Waals surface area contributed by atoms with Crippen LogP contribution in [0.2, 0.25) is 0 Å². The van der Waals surface area contributed by atoms with Gasteiger partial charge in [0.1, 0.15) is 0 Å². The Balaban J connectivity index is 1.82. The number of amides is 1. The number of benzene rings is 1. The van der Waals surface area contributed by atoms with Crippen LogP contribution >= 0.6 is 31.9 Å². The quantitative estimate of drug-likeness (QED) is 0.776. The minimum Gasteiger partial charge on any atom is -0.478 e. The van der Waals surface area contributed by atoms with Crippen LogP contribution in [0.3, 0.4) is 0 Å². The molecule has 19 heavy (non-hydrogen) atoms. The Kier molecular flexibility index (Phi) is 4.30. The van der Waals surface area contributed by atoms with E-state index >= 15 is 0 Å². The lowest BCUT2D eigenvalue weighted by Crippen LogP contribution is -2.43. The van der Waals surface area contributed by atoms with Crippen LogP contribution in [0.5, 0.6) is 0 Å². The summed E-state index contributed by atoms with van der Waals surface area (Å²) in [7, 11) is 0. The first-order valence-corrected chi connectivity index (χ1v) is 7.44. The lowest BCUT2D eigenvalue weighted by Gasteiger charge is -2.37. The van der Waals surface area contributed by atoms with E-state index in [0.717, 1.165) is 18.4 Å². The molecular formula is C13H13Br2NO3. The van der Waals surface area contributed by atoms with E-state index in [9.17, 15) is 9.59 Å². The molecule has 0 spiro atoms. The molecule has 1 fully saturated rings. The van der Waals surface area contributed by atoms with Crippen molar-refractivity contribution < 1.29 is 14.7 Å². The molecule has 0 aromatic heterocycles. The van der Waals surface area contributed by atoms with Crippen LogP contribution in [0, 0.1) is 5.92 Å². The molecule has 0 unspecified atom stereocenters. The summed E-state index contributed by atoms with van der Waals surface area (Å²) in [5, 5.41) is 11.6. The van der Waals surface area contributed by atoms with Gasteiger partial charge in [0.05, 0.1) is 8.80 Å². The van der Waals surface area contributed by atoms with Crippen LogP contribution in [0.1, 0.15) is 28.8 Å². The molecule has 1 aromatic carbocycles. The minimum atomic E-state index is -0.948. The van der Waals surface area contributed by atoms with Crippen molar-refractivity contribution in [3.63, 3.8) is 0 Å². The zero-order valence-electron chi connectivity index (χ0n) is 10.0. The topological polar surface area (TPSA) is 66.4 Å². The first-order valence-electron chi connectivity index (χ1n) is 5.85. The van der Waals surface area contributed by atoms with Crippen molar-refractivity contribution in [2.75, 3.05) is 0 Å². The van der Waals surface area contributed by atoms with Gasteiger partial charge in [-0.25, -0.2) is 4.79 Å². The summed E-state index contributed by atoms with van der Waals surface area (Å²) in [5.41, 5.74) is 1.14. The van der Waals surface area contributed by atoms with Gasteiger partial charge in [0, 0.05) is 12.5 Å². The van der Waals surface area contributed by atoms with Gasteiger partial charge in [-0.2, -0.15) is 0 Å². The number of nitrogens with one attached hydrogen (secondary N) is 1. The average Bonchev–Trinajstić information content (AvgIpc) is 2.33. The van der Waals surface area contributed by atoms with Crippen molar-refractivity contribution in [3.8, 4) is 0 Å². The number of alkyl halides is 2. The van der Waals surface area contributed by atoms with Gasteiger partial charge in [-0.1, -0.05) is 44.0 Å². The zero-order valence-corrected chi connectivity index (χ0v) is 13.2. The number of carboxylic acid groups (broad SMARTS) is 1. The lowest BCUT2D eigenvalue weighted by molar-refractivity contribution is -0.127. The van der Waals surface area contributed by atoms with E-state index in [0.29, 0.717) is 6.54 Å². The second kappa shape index (κ2) is 5.63. The first-order chi connectivity index (χ1) is 8.87. The number of carbonyl (C=O) groups excluding carboxylic acids is 1. The van der Waals surface area contributed by atoms with Crippen molar-refractivity contribution in [1.29, 1.82) is 0 Å². The van der Waals surface area contributed by atoms with Crippen molar-refractivity contribution in [2.24, 2.45) is 5.92 Å². The standard InChI is InChI=1S/C13H13Br2NO3/c14-13(15)5-10(6-13)11(17)16-7-8-1-3-9(4-2-8)12(18)19/h1-4,10H,5-7H2,(H,16,17)(H,18,19). The molecule has 102 valence electrons. The number of carboxylic acids is 1. The van der Waals surface area contributed by atoms with Gasteiger partial charge >= 0.3 is 5.97 Å². The molecule has 1 aliphatic carbocycles. The van der Waals surface area contributed by atoms with E-state index in [2.05, 4.69) is 37.2 Å². The predicted octanol–water partition coefficient (Wildman–Crippen LogP) is 2.90. The van der Waals surface area contributed by atoms with E-state index in [1.807, 2.05) is 0 Å². The van der Waals surface area contributed by atoms with Crippen molar-refractivity contribution in [3.05, 3.63) is 35.4 Å². The van der Waals surface area contributed by atoms with E-state index in [1.165, 1.54) is 12.1 Å². The summed E-state index contributed by atoms with van der Waals surface area (Å²) in [6.07, 6.45) is 1.55. The van der Waals surface area contributed by atoms with Crippen LogP contribution < -0.4 is 5.32 Å². The highest BCUT2D eigenvalue weighted by Crippen LogP contribution is 2.49. The third kappa shape index (κ3) is 3.79. The number of rotatable bonds is 4. The molecule has 1 aliphatic rings. The fourth-order valence-electron chi connectivity index (χ4n) is 1.95. The van der Waals surface area contributed by atoms with Gasteiger partial charge in [0.15, 0.2) is 0 Å². The largest absolute Gasteiger partial charge is 0.478 e. The number of hydrogen-bond donors (Lipinski definition) is 2. The maximum absolute atomic E-state index is 11.8. The Morgan fingerprint density at radius 3 is 2.32 bits per heavy atom. The lowest BCUT2D eigenvalue weighted by atomic mass is 9.84. The normalized spacial score (nSPS) is 17.6. The number of halogens is 2. The van der Waals surface area contributed by atoms with E-state index in [4.69, 9.17) is 5.11 Å². The highest BCUT2D eigenvalue weighted by molar-refractivity contribution is 9.25. The highest BCUT2D eigenvalue weighted by Gasteiger charge is 2.43. The molecule has 1 aromatic rings. The third-order valence-corrected chi connectivity index (χ3v) is 4.42. The summed E-state index contributed by atoms with van der Waals surface area (Å²) >= 11 is 6.94. The van der Waals surface area contributed by atoms with E-state index < -0.39 is 5.97 Å². The molecule has 0 aliphatic heterocycles. The van der Waals surface area contributed by atoms with Gasteiger partial charge < -0.3 is 10.4 Å². The fourth-order valence-corrected chi connectivity index (χ4v) is 3.51. The van der Waals surface area contributed by atoms with Crippen molar-refractivity contribution in [2.45, 2.75) is 22.6 Å². The summed E-state index contributed by atoms with van der Waals surface area (Å²) < 4.78 is -0.0782. The number of carbonyl (C=O) groups is 2. The Bertz CT molecular complexity index is 491. The molecule has 0 atom stereocenters.